The van der Waals surface area contributed by atoms with Gasteiger partial charge in [-0.3, -0.25) is 4.79 Å². The first-order chi connectivity index (χ1) is 9.32. The Hall–Kier alpha value is -0.830. The van der Waals surface area contributed by atoms with E-state index < -0.39 is 11.7 Å². The minimum absolute atomic E-state index is 0.0737. The van der Waals surface area contributed by atoms with Crippen molar-refractivity contribution in [1.29, 1.82) is 0 Å². The molecule has 7 heteroatoms. The number of nitrogens with two attached hydrogens (primary N) is 1. The van der Waals surface area contributed by atoms with Crippen LogP contribution in [0.1, 0.15) is 28.8 Å². The standard InChI is InChI=1S/C13H14F3IN2O/c14-13(15,16)9-4-8(5-10(17)6-9)12(20)19-3-1-2-11(19)7-18/h4-6,11H,1-3,7,18H2. The number of benzene rings is 1. The van der Waals surface area contributed by atoms with Gasteiger partial charge in [0, 0.05) is 28.3 Å². The zero-order valence-corrected chi connectivity index (χ0v) is 12.7. The van der Waals surface area contributed by atoms with Gasteiger partial charge in [0.2, 0.25) is 0 Å². The van der Waals surface area contributed by atoms with Crippen molar-refractivity contribution in [3.05, 3.63) is 32.9 Å². The summed E-state index contributed by atoms with van der Waals surface area (Å²) in [5.74, 6) is -0.373. The van der Waals surface area contributed by atoms with Crippen LogP contribution in [0.15, 0.2) is 18.2 Å². The third-order valence-corrected chi connectivity index (χ3v) is 4.00. The molecule has 1 aromatic carbocycles. The van der Waals surface area contributed by atoms with Crippen molar-refractivity contribution in [2.24, 2.45) is 5.73 Å². The van der Waals surface area contributed by atoms with E-state index in [-0.39, 0.29) is 17.5 Å². The van der Waals surface area contributed by atoms with E-state index in [1.54, 1.807) is 27.5 Å². The van der Waals surface area contributed by atoms with Gasteiger partial charge in [0.25, 0.3) is 5.91 Å². The van der Waals surface area contributed by atoms with E-state index >= 15 is 0 Å². The van der Waals surface area contributed by atoms with Crippen LogP contribution in [0.3, 0.4) is 0 Å². The molecular weight excluding hydrogens is 384 g/mol. The predicted molar refractivity (Wildman–Crippen MR) is 77.3 cm³/mol. The number of halogens is 4. The highest BCUT2D eigenvalue weighted by molar-refractivity contribution is 14.1. The van der Waals surface area contributed by atoms with Gasteiger partial charge in [0.15, 0.2) is 0 Å². The molecule has 3 nitrogen and oxygen atoms in total. The molecule has 0 aromatic heterocycles. The van der Waals surface area contributed by atoms with E-state index in [1.165, 1.54) is 6.07 Å². The highest BCUT2D eigenvalue weighted by Gasteiger charge is 2.33. The van der Waals surface area contributed by atoms with Crippen LogP contribution in [0, 0.1) is 3.57 Å². The van der Waals surface area contributed by atoms with Crippen molar-refractivity contribution in [2.75, 3.05) is 13.1 Å². The van der Waals surface area contributed by atoms with Crippen molar-refractivity contribution in [3.8, 4) is 0 Å². The maximum atomic E-state index is 12.8. The summed E-state index contributed by atoms with van der Waals surface area (Å²) in [6.07, 6.45) is -2.81. The summed E-state index contributed by atoms with van der Waals surface area (Å²) in [5, 5.41) is 0. The molecule has 20 heavy (non-hydrogen) atoms. The number of likely N-dealkylation sites (tertiary alicyclic amines) is 1. The Kier molecular flexibility index (Phi) is 4.58. The summed E-state index contributed by atoms with van der Waals surface area (Å²) in [4.78, 5) is 13.9. The molecule has 1 heterocycles. The molecule has 0 spiro atoms. The van der Waals surface area contributed by atoms with Gasteiger partial charge in [-0.1, -0.05) is 0 Å². The summed E-state index contributed by atoms with van der Waals surface area (Å²) < 4.78 is 38.7. The van der Waals surface area contributed by atoms with Crippen molar-refractivity contribution >= 4 is 28.5 Å². The first-order valence-electron chi connectivity index (χ1n) is 6.21. The summed E-state index contributed by atoms with van der Waals surface area (Å²) >= 11 is 1.79. The van der Waals surface area contributed by atoms with Gasteiger partial charge < -0.3 is 10.6 Å². The van der Waals surface area contributed by atoms with Crippen molar-refractivity contribution < 1.29 is 18.0 Å². The Labute approximate surface area is 128 Å². The zero-order valence-electron chi connectivity index (χ0n) is 10.6. The fraction of sp³-hybridized carbons (Fsp3) is 0.462. The lowest BCUT2D eigenvalue weighted by Gasteiger charge is -2.24. The van der Waals surface area contributed by atoms with E-state index in [2.05, 4.69) is 0 Å². The monoisotopic (exact) mass is 398 g/mol. The first kappa shape index (κ1) is 15.6. The van der Waals surface area contributed by atoms with Gasteiger partial charge >= 0.3 is 6.18 Å². The van der Waals surface area contributed by atoms with Gasteiger partial charge in [0.05, 0.1) is 5.56 Å². The molecule has 1 aliphatic rings. The smallest absolute Gasteiger partial charge is 0.334 e. The number of hydrogen-bond acceptors (Lipinski definition) is 2. The second kappa shape index (κ2) is 5.88. The predicted octanol–water partition coefficient (Wildman–Crippen LogP) is 2.87. The van der Waals surface area contributed by atoms with Crippen LogP contribution >= 0.6 is 22.6 Å². The fourth-order valence-corrected chi connectivity index (χ4v) is 3.06. The normalized spacial score (nSPS) is 19.4. The highest BCUT2D eigenvalue weighted by Crippen LogP contribution is 2.32. The number of rotatable bonds is 2. The molecule has 1 aromatic rings. The van der Waals surface area contributed by atoms with Crippen molar-refractivity contribution in [3.63, 3.8) is 0 Å². The zero-order chi connectivity index (χ0) is 14.9. The quantitative estimate of drug-likeness (QED) is 0.780. The molecule has 1 fully saturated rings. The lowest BCUT2D eigenvalue weighted by atomic mass is 10.1. The molecule has 2 N–H and O–H groups in total. The molecule has 1 atom stereocenters. The third kappa shape index (κ3) is 3.25. The number of nitrogens with zero attached hydrogens (tertiary/aromatic N) is 1. The second-order valence-corrected chi connectivity index (χ2v) is 6.00. The Bertz CT molecular complexity index is 519. The third-order valence-electron chi connectivity index (χ3n) is 3.38. The van der Waals surface area contributed by atoms with Gasteiger partial charge in [-0.2, -0.15) is 13.2 Å². The first-order valence-corrected chi connectivity index (χ1v) is 7.29. The number of amides is 1. The summed E-state index contributed by atoms with van der Waals surface area (Å²) in [6, 6.07) is 3.34. The maximum absolute atomic E-state index is 12.8. The van der Waals surface area contributed by atoms with Gasteiger partial charge in [0.1, 0.15) is 0 Å². The van der Waals surface area contributed by atoms with Crippen molar-refractivity contribution in [1.82, 2.24) is 4.90 Å². The molecule has 1 unspecified atom stereocenters. The van der Waals surface area contributed by atoms with Crippen LogP contribution < -0.4 is 5.73 Å². The Morgan fingerprint density at radius 3 is 2.70 bits per heavy atom. The van der Waals surface area contributed by atoms with E-state index in [0.717, 1.165) is 25.0 Å². The average Bonchev–Trinajstić information content (AvgIpc) is 2.84. The van der Waals surface area contributed by atoms with Gasteiger partial charge in [-0.15, -0.1) is 0 Å². The van der Waals surface area contributed by atoms with Crippen LogP contribution in [-0.4, -0.2) is 29.9 Å². The Balaban J connectivity index is 2.33. The minimum Gasteiger partial charge on any atom is -0.334 e. The SMILES string of the molecule is NCC1CCCN1C(=O)c1cc(I)cc(C(F)(F)F)c1. The van der Waals surface area contributed by atoms with Crippen LogP contribution in [0.5, 0.6) is 0 Å². The lowest BCUT2D eigenvalue weighted by molar-refractivity contribution is -0.137. The molecule has 110 valence electrons. The molecule has 1 aliphatic heterocycles. The molecule has 1 saturated heterocycles. The highest BCUT2D eigenvalue weighted by atomic mass is 127. The van der Waals surface area contributed by atoms with Crippen LogP contribution in [-0.2, 0) is 6.18 Å². The van der Waals surface area contributed by atoms with Crippen LogP contribution in [0.25, 0.3) is 0 Å². The van der Waals surface area contributed by atoms with Crippen LogP contribution in [0.4, 0.5) is 13.2 Å². The van der Waals surface area contributed by atoms with Crippen molar-refractivity contribution in [2.45, 2.75) is 25.1 Å². The van der Waals surface area contributed by atoms with Gasteiger partial charge in [-0.05, 0) is 53.6 Å². The van der Waals surface area contributed by atoms with Crippen LogP contribution in [0.2, 0.25) is 0 Å². The summed E-state index contributed by atoms with van der Waals surface area (Å²) in [5.41, 5.74) is 4.87. The van der Waals surface area contributed by atoms with E-state index in [1.807, 2.05) is 0 Å². The van der Waals surface area contributed by atoms with E-state index in [4.69, 9.17) is 5.73 Å². The molecule has 0 saturated carbocycles. The van der Waals surface area contributed by atoms with E-state index in [0.29, 0.717) is 16.7 Å². The molecule has 0 radical (unpaired) electrons. The minimum atomic E-state index is -4.45. The summed E-state index contributed by atoms with van der Waals surface area (Å²) in [6.45, 7) is 0.884. The average molecular weight is 398 g/mol. The topological polar surface area (TPSA) is 46.3 Å². The molecule has 0 bridgehead atoms. The Morgan fingerprint density at radius 1 is 1.40 bits per heavy atom. The van der Waals surface area contributed by atoms with Gasteiger partial charge in [-0.25, -0.2) is 0 Å². The number of carbonyl (C=O) groups is 1. The number of alkyl halides is 3. The lowest BCUT2D eigenvalue weighted by Crippen LogP contribution is -2.40. The molecule has 1 amide bonds. The van der Waals surface area contributed by atoms with E-state index in [9.17, 15) is 18.0 Å². The molecule has 2 rings (SSSR count). The largest absolute Gasteiger partial charge is 0.416 e. The fourth-order valence-electron chi connectivity index (χ4n) is 2.39. The number of carbonyl (C=O) groups excluding carboxylic acids is 1. The summed E-state index contributed by atoms with van der Waals surface area (Å²) in [7, 11) is 0. The Morgan fingerprint density at radius 2 is 2.10 bits per heavy atom. The maximum Gasteiger partial charge on any atom is 0.416 e. The number of hydrogen-bond donors (Lipinski definition) is 1. The molecular formula is C13H14F3IN2O. The molecule has 0 aliphatic carbocycles. The second-order valence-electron chi connectivity index (χ2n) is 4.76.